The lowest BCUT2D eigenvalue weighted by Crippen LogP contribution is -2.40. The number of likely N-dealkylation sites (N-methyl/N-ethyl adjacent to an activating group) is 1. The quantitative estimate of drug-likeness (QED) is 0.163. The van der Waals surface area contributed by atoms with Gasteiger partial charge in [0, 0.05) is 43.3 Å². The van der Waals surface area contributed by atoms with Crippen LogP contribution in [0.15, 0.2) is 24.3 Å². The van der Waals surface area contributed by atoms with Crippen molar-refractivity contribution in [3.05, 3.63) is 30.0 Å². The van der Waals surface area contributed by atoms with Crippen molar-refractivity contribution in [2.45, 2.75) is 129 Å². The average Bonchev–Trinajstić information content (AvgIpc) is 3.93. The van der Waals surface area contributed by atoms with E-state index in [0.717, 1.165) is 67.7 Å². The first kappa shape index (κ1) is 46.8. The number of hydrogen-bond donors (Lipinski definition) is 3. The van der Waals surface area contributed by atoms with Crippen molar-refractivity contribution in [3.8, 4) is 0 Å². The van der Waals surface area contributed by atoms with E-state index in [1.807, 2.05) is 38.2 Å². The van der Waals surface area contributed by atoms with Crippen LogP contribution >= 0.6 is 0 Å². The number of ether oxygens (including phenoxy) is 3. The third kappa shape index (κ3) is 17.4. The van der Waals surface area contributed by atoms with E-state index in [4.69, 9.17) is 14.2 Å². The lowest BCUT2D eigenvalue weighted by Gasteiger charge is -2.30. The van der Waals surface area contributed by atoms with Gasteiger partial charge in [-0.2, -0.15) is 0 Å². The molecule has 1 aromatic heterocycles. The van der Waals surface area contributed by atoms with E-state index in [0.29, 0.717) is 30.6 Å². The standard InChI is InChI=1S/C14H26FNO3.C12H21NO.C10H10N2O.C6H12O2/c1-5-11(10-17)7-6-8-12(9-15)16-13(18)19-14(2,3)4;1-13-8-7-11(12(13)9-14)10-5-3-2-4-6-10;1-11-8-2-3-10-7(4-8)5-9(6-13)12-10;1-7-5-6-3-2-4-8-6/h10-12H,5-9H2,1-4H3,(H,16,18);9-12H,2-8H2,1H3;2-6,11-12H,1H3;6H,2-5H2,1H3. The van der Waals surface area contributed by atoms with Crippen LogP contribution in [0.2, 0.25) is 0 Å². The number of aromatic nitrogens is 1. The van der Waals surface area contributed by atoms with Crippen LogP contribution in [-0.2, 0) is 23.8 Å². The second-order valence-corrected chi connectivity index (χ2v) is 15.7. The Morgan fingerprint density at radius 3 is 2.37 bits per heavy atom. The number of benzene rings is 1. The molecule has 306 valence electrons. The van der Waals surface area contributed by atoms with Gasteiger partial charge >= 0.3 is 6.09 Å². The van der Waals surface area contributed by atoms with Crippen LogP contribution in [0.5, 0.6) is 0 Å². The van der Waals surface area contributed by atoms with E-state index in [9.17, 15) is 23.6 Å². The number of H-pyrrole nitrogens is 1. The summed E-state index contributed by atoms with van der Waals surface area (Å²) in [6.45, 7) is 9.40. The zero-order chi connectivity index (χ0) is 39.9. The molecule has 54 heavy (non-hydrogen) atoms. The molecule has 2 aromatic rings. The monoisotopic (exact) mass is 761 g/mol. The summed E-state index contributed by atoms with van der Waals surface area (Å²) < 4.78 is 28.0. The Bertz CT molecular complexity index is 1350. The molecule has 5 unspecified atom stereocenters. The van der Waals surface area contributed by atoms with Gasteiger partial charge in [0.2, 0.25) is 0 Å². The molecular formula is C42H69FN4O7. The average molecular weight is 761 g/mol. The van der Waals surface area contributed by atoms with Crippen LogP contribution in [0.4, 0.5) is 14.9 Å². The minimum Gasteiger partial charge on any atom is -0.444 e. The number of rotatable bonds is 14. The van der Waals surface area contributed by atoms with Gasteiger partial charge in [-0.1, -0.05) is 45.4 Å². The number of nitrogens with one attached hydrogen (secondary N) is 3. The van der Waals surface area contributed by atoms with Gasteiger partial charge in [0.15, 0.2) is 6.29 Å². The van der Waals surface area contributed by atoms with Crippen molar-refractivity contribution in [1.29, 1.82) is 0 Å². The molecule has 1 aromatic carbocycles. The molecule has 0 bridgehead atoms. The zero-order valence-electron chi connectivity index (χ0n) is 34.0. The summed E-state index contributed by atoms with van der Waals surface area (Å²) in [6.07, 6.45) is 16.0. The van der Waals surface area contributed by atoms with Crippen LogP contribution in [0.25, 0.3) is 10.9 Å². The van der Waals surface area contributed by atoms with Crippen LogP contribution < -0.4 is 10.6 Å². The molecule has 5 atom stereocenters. The van der Waals surface area contributed by atoms with Gasteiger partial charge in [0.05, 0.1) is 30.5 Å². The number of hydrogen-bond acceptors (Lipinski definition) is 9. The summed E-state index contributed by atoms with van der Waals surface area (Å²) in [7, 11) is 5.66. The highest BCUT2D eigenvalue weighted by Crippen LogP contribution is 2.37. The SMILES string of the molecule is CCC(C=O)CCCC(CF)NC(=O)OC(C)(C)C.CN1CCC(C2CCCCC2)C1C=O.CNc1ccc2[nH]c(C=O)cc2c1.COCC1CCCO1. The largest absolute Gasteiger partial charge is 0.444 e. The topological polar surface area (TPSA) is 139 Å². The highest BCUT2D eigenvalue weighted by molar-refractivity contribution is 5.89. The lowest BCUT2D eigenvalue weighted by atomic mass is 9.77. The maximum Gasteiger partial charge on any atom is 0.407 e. The second kappa shape index (κ2) is 25.7. The fraction of sp³-hybridized carbons (Fsp3) is 0.714. The summed E-state index contributed by atoms with van der Waals surface area (Å²) >= 11 is 0. The van der Waals surface area contributed by atoms with E-state index in [1.165, 1.54) is 57.7 Å². The number of alkyl carbamates (subject to hydrolysis) is 1. The molecule has 2 saturated heterocycles. The fourth-order valence-corrected chi connectivity index (χ4v) is 7.27. The first-order chi connectivity index (χ1) is 25.9. The van der Waals surface area contributed by atoms with E-state index >= 15 is 0 Å². The number of carbonyl (C=O) groups excluding carboxylic acids is 4. The minimum atomic E-state index is -0.628. The number of methoxy groups -OCH3 is 1. The van der Waals surface area contributed by atoms with Crippen molar-refractivity contribution in [2.75, 3.05) is 53.0 Å². The van der Waals surface area contributed by atoms with E-state index in [1.54, 1.807) is 27.9 Å². The minimum absolute atomic E-state index is 0.0294. The number of likely N-dealkylation sites (tertiary alicyclic amines) is 1. The Hall–Kier alpha value is -3.35. The maximum atomic E-state index is 12.8. The van der Waals surface area contributed by atoms with Gasteiger partial charge in [-0.3, -0.25) is 9.69 Å². The van der Waals surface area contributed by atoms with Gasteiger partial charge < -0.3 is 39.4 Å². The number of fused-ring (bicyclic) bond motifs is 1. The highest BCUT2D eigenvalue weighted by atomic mass is 19.1. The van der Waals surface area contributed by atoms with Gasteiger partial charge in [-0.25, -0.2) is 9.18 Å². The van der Waals surface area contributed by atoms with Crippen molar-refractivity contribution < 1.29 is 37.8 Å². The number of amides is 1. The summed E-state index contributed by atoms with van der Waals surface area (Å²) in [4.78, 5) is 48.9. The van der Waals surface area contributed by atoms with Crippen LogP contribution in [0.1, 0.15) is 115 Å². The molecule has 3 N–H and O–H groups in total. The normalized spacial score (nSPS) is 21.2. The van der Waals surface area contributed by atoms with Crippen LogP contribution in [0, 0.1) is 17.8 Å². The predicted octanol–water partition coefficient (Wildman–Crippen LogP) is 8.16. The van der Waals surface area contributed by atoms with Crippen molar-refractivity contribution >= 4 is 41.5 Å². The molecule has 3 fully saturated rings. The molecule has 1 saturated carbocycles. The Balaban J connectivity index is 0.000000258. The first-order valence-electron chi connectivity index (χ1n) is 19.9. The third-order valence-electron chi connectivity index (χ3n) is 10.3. The maximum absolute atomic E-state index is 12.8. The molecule has 2 aliphatic heterocycles. The smallest absolute Gasteiger partial charge is 0.407 e. The fourth-order valence-electron chi connectivity index (χ4n) is 7.27. The summed E-state index contributed by atoms with van der Waals surface area (Å²) in [6, 6.07) is 7.43. The molecule has 1 amide bonds. The van der Waals surface area contributed by atoms with Gasteiger partial charge in [0.1, 0.15) is 24.8 Å². The number of aldehydes is 3. The van der Waals surface area contributed by atoms with Crippen molar-refractivity contribution in [1.82, 2.24) is 15.2 Å². The van der Waals surface area contributed by atoms with Crippen LogP contribution in [0.3, 0.4) is 0 Å². The Kier molecular flexibility index (Phi) is 22.3. The molecule has 0 spiro atoms. The van der Waals surface area contributed by atoms with E-state index in [2.05, 4.69) is 27.6 Å². The number of nitrogens with zero attached hydrogens (tertiary/aromatic N) is 1. The molecule has 1 aliphatic carbocycles. The third-order valence-corrected chi connectivity index (χ3v) is 10.3. The number of aromatic amines is 1. The lowest BCUT2D eigenvalue weighted by molar-refractivity contribution is -0.113. The summed E-state index contributed by atoms with van der Waals surface area (Å²) in [5, 5.41) is 6.60. The molecule has 3 heterocycles. The van der Waals surface area contributed by atoms with E-state index in [-0.39, 0.29) is 12.0 Å². The van der Waals surface area contributed by atoms with Gasteiger partial charge in [-0.05, 0) is 109 Å². The van der Waals surface area contributed by atoms with Crippen molar-refractivity contribution in [2.24, 2.45) is 17.8 Å². The number of halogens is 1. The predicted molar refractivity (Wildman–Crippen MR) is 214 cm³/mol. The molecule has 5 rings (SSSR count). The Morgan fingerprint density at radius 1 is 1.07 bits per heavy atom. The Morgan fingerprint density at radius 2 is 1.81 bits per heavy atom. The number of alkyl halides is 1. The molecule has 11 nitrogen and oxygen atoms in total. The highest BCUT2D eigenvalue weighted by Gasteiger charge is 2.37. The Labute approximate surface area is 323 Å². The number of anilines is 1. The van der Waals surface area contributed by atoms with E-state index < -0.39 is 24.4 Å². The summed E-state index contributed by atoms with van der Waals surface area (Å²) in [5.41, 5.74) is 2.06. The molecular weight excluding hydrogens is 691 g/mol. The van der Waals surface area contributed by atoms with Gasteiger partial charge in [-0.15, -0.1) is 0 Å². The first-order valence-corrected chi connectivity index (χ1v) is 19.9. The summed E-state index contributed by atoms with van der Waals surface area (Å²) in [5.74, 6) is 1.53. The molecule has 12 heteroatoms. The van der Waals surface area contributed by atoms with Crippen molar-refractivity contribution in [3.63, 3.8) is 0 Å². The number of carbonyl (C=O) groups is 4. The zero-order valence-corrected chi connectivity index (χ0v) is 34.0. The van der Waals surface area contributed by atoms with Gasteiger partial charge in [0.25, 0.3) is 0 Å². The van der Waals surface area contributed by atoms with Crippen LogP contribution in [-0.4, -0.2) is 106 Å². The molecule has 3 aliphatic rings. The second-order valence-electron chi connectivity index (χ2n) is 15.7. The molecule has 0 radical (unpaired) electrons.